The average Bonchev–Trinajstić information content (AvgIpc) is 2.54. The zero-order chi connectivity index (χ0) is 17.9. The van der Waals surface area contributed by atoms with Crippen LogP contribution in [0.5, 0.6) is 0 Å². The summed E-state index contributed by atoms with van der Waals surface area (Å²) in [6.07, 6.45) is 0. The van der Waals surface area contributed by atoms with Crippen molar-refractivity contribution in [3.8, 4) is 0 Å². The van der Waals surface area contributed by atoms with Gasteiger partial charge in [0.05, 0.1) is 21.0 Å². The summed E-state index contributed by atoms with van der Waals surface area (Å²) in [5.41, 5.74) is -1.53. The predicted octanol–water partition coefficient (Wildman–Crippen LogP) is 2.45. The fraction of sp³-hybridized carbons (Fsp3) is 0. The van der Waals surface area contributed by atoms with Crippen LogP contribution in [0, 0.1) is 20.2 Å². The fourth-order valence-electron chi connectivity index (χ4n) is 1.92. The highest BCUT2D eigenvalue weighted by Gasteiger charge is 2.21. The minimum absolute atomic E-state index is 0.0528. The molecule has 0 atom stereocenters. The molecule has 2 aromatic rings. The highest BCUT2D eigenvalue weighted by atomic mass is 16.6. The lowest BCUT2D eigenvalue weighted by Gasteiger charge is -2.08. The number of nitro benzene ring substituents is 2. The Balaban J connectivity index is 2.40. The Morgan fingerprint density at radius 3 is 2.12 bits per heavy atom. The second-order valence-electron chi connectivity index (χ2n) is 4.55. The monoisotopic (exact) mass is 331 g/mol. The van der Waals surface area contributed by atoms with Gasteiger partial charge in [0.15, 0.2) is 0 Å². The van der Waals surface area contributed by atoms with Crippen LogP contribution in [0.15, 0.2) is 42.5 Å². The number of carboxylic acid groups (broad SMARTS) is 1. The molecule has 0 aliphatic rings. The summed E-state index contributed by atoms with van der Waals surface area (Å²) in [6, 6.07) is 7.73. The molecule has 0 saturated heterocycles. The van der Waals surface area contributed by atoms with Crippen molar-refractivity contribution in [1.29, 1.82) is 0 Å². The van der Waals surface area contributed by atoms with E-state index in [4.69, 9.17) is 5.11 Å². The molecule has 0 unspecified atom stereocenters. The Morgan fingerprint density at radius 1 is 0.917 bits per heavy atom. The highest BCUT2D eigenvalue weighted by molar-refractivity contribution is 6.11. The Labute approximate surface area is 133 Å². The van der Waals surface area contributed by atoms with E-state index in [-0.39, 0.29) is 11.4 Å². The molecule has 0 aromatic heterocycles. The summed E-state index contributed by atoms with van der Waals surface area (Å²) in [6.45, 7) is 0. The molecule has 0 aliphatic heterocycles. The molecule has 2 rings (SSSR count). The predicted molar refractivity (Wildman–Crippen MR) is 81.1 cm³/mol. The van der Waals surface area contributed by atoms with E-state index in [1.54, 1.807) is 0 Å². The standard InChI is InChI=1S/C14H9N3O7/c18-13(15-8-2-1-3-9(6-8)16(21)22)12-7-10(17(23)24)4-5-11(12)14(19)20/h1-7H,(H,15,18)(H,19,20). The topological polar surface area (TPSA) is 153 Å². The van der Waals surface area contributed by atoms with E-state index >= 15 is 0 Å². The van der Waals surface area contributed by atoms with Gasteiger partial charge in [-0.2, -0.15) is 0 Å². The van der Waals surface area contributed by atoms with Crippen molar-refractivity contribution in [1.82, 2.24) is 0 Å². The van der Waals surface area contributed by atoms with Crippen LogP contribution >= 0.6 is 0 Å². The van der Waals surface area contributed by atoms with Gasteiger partial charge < -0.3 is 10.4 Å². The minimum Gasteiger partial charge on any atom is -0.478 e. The molecule has 2 aromatic carbocycles. The van der Waals surface area contributed by atoms with Crippen LogP contribution in [0.1, 0.15) is 20.7 Å². The Bertz CT molecular complexity index is 863. The Kier molecular flexibility index (Phi) is 4.50. The molecule has 10 heteroatoms. The van der Waals surface area contributed by atoms with Crippen LogP contribution in [-0.2, 0) is 0 Å². The van der Waals surface area contributed by atoms with Crippen molar-refractivity contribution in [3.05, 3.63) is 73.8 Å². The third kappa shape index (κ3) is 3.50. The molecule has 0 spiro atoms. The number of anilines is 1. The van der Waals surface area contributed by atoms with Crippen molar-refractivity contribution in [2.75, 3.05) is 5.32 Å². The van der Waals surface area contributed by atoms with E-state index in [0.717, 1.165) is 24.3 Å². The number of non-ortho nitro benzene ring substituents is 2. The van der Waals surface area contributed by atoms with Crippen molar-refractivity contribution in [2.24, 2.45) is 0 Å². The molecular weight excluding hydrogens is 322 g/mol. The second kappa shape index (κ2) is 6.52. The molecule has 0 aliphatic carbocycles. The Morgan fingerprint density at radius 2 is 1.54 bits per heavy atom. The third-order valence-electron chi connectivity index (χ3n) is 3.00. The summed E-state index contributed by atoms with van der Waals surface area (Å²) >= 11 is 0. The lowest BCUT2D eigenvalue weighted by atomic mass is 10.1. The first kappa shape index (κ1) is 16.5. The van der Waals surface area contributed by atoms with Gasteiger partial charge in [0.1, 0.15) is 0 Å². The maximum Gasteiger partial charge on any atom is 0.336 e. The minimum atomic E-state index is -1.44. The van der Waals surface area contributed by atoms with Gasteiger partial charge >= 0.3 is 5.97 Å². The lowest BCUT2D eigenvalue weighted by molar-refractivity contribution is -0.385. The van der Waals surface area contributed by atoms with E-state index in [1.165, 1.54) is 18.2 Å². The van der Waals surface area contributed by atoms with Gasteiger partial charge in [0.25, 0.3) is 17.3 Å². The second-order valence-corrected chi connectivity index (χ2v) is 4.55. The van der Waals surface area contributed by atoms with Crippen molar-refractivity contribution < 1.29 is 24.5 Å². The number of hydrogen-bond donors (Lipinski definition) is 2. The Hall–Kier alpha value is -3.82. The van der Waals surface area contributed by atoms with Gasteiger partial charge in [0, 0.05) is 30.0 Å². The van der Waals surface area contributed by atoms with Crippen LogP contribution in [0.25, 0.3) is 0 Å². The van der Waals surface area contributed by atoms with Gasteiger partial charge in [-0.15, -0.1) is 0 Å². The fourth-order valence-corrected chi connectivity index (χ4v) is 1.92. The lowest BCUT2D eigenvalue weighted by Crippen LogP contribution is -2.17. The maximum absolute atomic E-state index is 12.2. The van der Waals surface area contributed by atoms with Crippen molar-refractivity contribution in [2.45, 2.75) is 0 Å². The number of carbonyl (C=O) groups excluding carboxylic acids is 1. The van der Waals surface area contributed by atoms with E-state index < -0.39 is 38.5 Å². The highest BCUT2D eigenvalue weighted by Crippen LogP contribution is 2.21. The number of hydrogen-bond acceptors (Lipinski definition) is 6. The molecular formula is C14H9N3O7. The van der Waals surface area contributed by atoms with Crippen LogP contribution in [0.2, 0.25) is 0 Å². The number of amides is 1. The molecule has 10 nitrogen and oxygen atoms in total. The van der Waals surface area contributed by atoms with Crippen LogP contribution in [0.3, 0.4) is 0 Å². The average molecular weight is 331 g/mol. The van der Waals surface area contributed by atoms with E-state index in [1.807, 2.05) is 0 Å². The molecule has 0 bridgehead atoms. The zero-order valence-corrected chi connectivity index (χ0v) is 11.8. The van der Waals surface area contributed by atoms with Gasteiger partial charge in [-0.25, -0.2) is 4.79 Å². The normalized spacial score (nSPS) is 10.0. The largest absolute Gasteiger partial charge is 0.478 e. The number of carboxylic acids is 1. The van der Waals surface area contributed by atoms with Crippen molar-refractivity contribution >= 4 is 28.9 Å². The molecule has 0 saturated carbocycles. The van der Waals surface area contributed by atoms with Crippen molar-refractivity contribution in [3.63, 3.8) is 0 Å². The molecule has 0 heterocycles. The molecule has 122 valence electrons. The molecule has 0 fully saturated rings. The first-order chi connectivity index (χ1) is 11.3. The molecule has 24 heavy (non-hydrogen) atoms. The van der Waals surface area contributed by atoms with E-state index in [0.29, 0.717) is 0 Å². The summed E-state index contributed by atoms with van der Waals surface area (Å²) in [4.78, 5) is 43.5. The number of nitro groups is 2. The molecule has 1 amide bonds. The summed E-state index contributed by atoms with van der Waals surface area (Å²) < 4.78 is 0. The molecule has 2 N–H and O–H groups in total. The van der Waals surface area contributed by atoms with E-state index in [2.05, 4.69) is 5.32 Å². The number of aromatic carboxylic acids is 1. The van der Waals surface area contributed by atoms with Gasteiger partial charge in [-0.3, -0.25) is 25.0 Å². The summed E-state index contributed by atoms with van der Waals surface area (Å²) in [5, 5.41) is 32.9. The summed E-state index contributed by atoms with van der Waals surface area (Å²) in [7, 11) is 0. The smallest absolute Gasteiger partial charge is 0.336 e. The first-order valence-electron chi connectivity index (χ1n) is 6.37. The number of benzene rings is 2. The third-order valence-corrected chi connectivity index (χ3v) is 3.00. The zero-order valence-electron chi connectivity index (χ0n) is 11.8. The first-order valence-corrected chi connectivity index (χ1v) is 6.37. The van der Waals surface area contributed by atoms with Gasteiger partial charge in [-0.05, 0) is 12.1 Å². The number of rotatable bonds is 5. The van der Waals surface area contributed by atoms with Crippen LogP contribution < -0.4 is 5.32 Å². The number of carbonyl (C=O) groups is 2. The summed E-state index contributed by atoms with van der Waals surface area (Å²) in [5.74, 6) is -2.37. The van der Waals surface area contributed by atoms with Gasteiger partial charge in [0.2, 0.25) is 0 Å². The maximum atomic E-state index is 12.2. The number of nitrogens with one attached hydrogen (secondary N) is 1. The number of nitrogens with zero attached hydrogens (tertiary/aromatic N) is 2. The molecule has 0 radical (unpaired) electrons. The van der Waals surface area contributed by atoms with Crippen LogP contribution in [-0.4, -0.2) is 26.8 Å². The van der Waals surface area contributed by atoms with E-state index in [9.17, 15) is 29.8 Å². The SMILES string of the molecule is O=C(O)c1ccc([N+](=O)[O-])cc1C(=O)Nc1cccc([N+](=O)[O-])c1. The quantitative estimate of drug-likeness (QED) is 0.630. The van der Waals surface area contributed by atoms with Crippen LogP contribution in [0.4, 0.5) is 17.1 Å². The van der Waals surface area contributed by atoms with Gasteiger partial charge in [-0.1, -0.05) is 6.07 Å².